The van der Waals surface area contributed by atoms with Crippen LogP contribution in [0.25, 0.3) is 0 Å². The van der Waals surface area contributed by atoms with Gasteiger partial charge in [-0.1, -0.05) is 6.07 Å². The summed E-state index contributed by atoms with van der Waals surface area (Å²) < 4.78 is 5.33. The largest absolute Gasteiger partial charge is 0.495 e. The first kappa shape index (κ1) is 19.5. The zero-order valence-corrected chi connectivity index (χ0v) is 16.5. The second-order valence-corrected chi connectivity index (χ2v) is 7.71. The maximum absolute atomic E-state index is 12.6. The monoisotopic (exact) mass is 373 g/mol. The molecule has 0 unspecified atom stereocenters. The number of anilines is 1. The van der Waals surface area contributed by atoms with Gasteiger partial charge < -0.3 is 19.9 Å². The van der Waals surface area contributed by atoms with Gasteiger partial charge in [0.1, 0.15) is 5.75 Å². The minimum atomic E-state index is -0.0975. The first-order chi connectivity index (χ1) is 13.1. The summed E-state index contributed by atoms with van der Waals surface area (Å²) in [6.45, 7) is 5.20. The van der Waals surface area contributed by atoms with E-state index >= 15 is 0 Å². The standard InChI is InChI=1S/C21H31N3O3/c1-16-6-7-19(27-2)18(14-16)22-21(26)24-12-8-17(9-13-24)15-20(25)23-10-4-3-5-11-23/h6-7,14,17H,3-5,8-13,15H2,1-2H3,(H,22,26). The summed E-state index contributed by atoms with van der Waals surface area (Å²) in [6.07, 6.45) is 5.90. The number of rotatable bonds is 4. The van der Waals surface area contributed by atoms with Gasteiger partial charge in [-0.2, -0.15) is 0 Å². The second kappa shape index (κ2) is 9.11. The van der Waals surface area contributed by atoms with Gasteiger partial charge in [0.15, 0.2) is 0 Å². The molecule has 6 nitrogen and oxygen atoms in total. The van der Waals surface area contributed by atoms with Crippen molar-refractivity contribution in [3.05, 3.63) is 23.8 Å². The normalized spacial score (nSPS) is 18.3. The van der Waals surface area contributed by atoms with Gasteiger partial charge in [-0.3, -0.25) is 4.79 Å². The zero-order chi connectivity index (χ0) is 19.2. The predicted molar refractivity (Wildman–Crippen MR) is 106 cm³/mol. The molecule has 2 fully saturated rings. The molecule has 0 radical (unpaired) electrons. The Kier molecular flexibility index (Phi) is 6.58. The van der Waals surface area contributed by atoms with Crippen LogP contribution in [0.1, 0.15) is 44.1 Å². The topological polar surface area (TPSA) is 61.9 Å². The molecule has 0 atom stereocenters. The Hall–Kier alpha value is -2.24. The number of urea groups is 1. The van der Waals surface area contributed by atoms with Crippen LogP contribution in [-0.2, 0) is 4.79 Å². The van der Waals surface area contributed by atoms with Gasteiger partial charge >= 0.3 is 6.03 Å². The number of ether oxygens (including phenoxy) is 1. The van der Waals surface area contributed by atoms with Crippen molar-refractivity contribution in [3.8, 4) is 5.75 Å². The number of benzene rings is 1. The molecule has 1 aromatic rings. The molecular weight excluding hydrogens is 342 g/mol. The summed E-state index contributed by atoms with van der Waals surface area (Å²) in [4.78, 5) is 28.9. The molecule has 6 heteroatoms. The summed E-state index contributed by atoms with van der Waals surface area (Å²) in [5.74, 6) is 1.34. The van der Waals surface area contributed by atoms with Crippen molar-refractivity contribution >= 4 is 17.6 Å². The summed E-state index contributed by atoms with van der Waals surface area (Å²) in [5.41, 5.74) is 1.77. The molecule has 2 aliphatic heterocycles. The molecule has 0 aromatic heterocycles. The van der Waals surface area contributed by atoms with Crippen molar-refractivity contribution in [2.24, 2.45) is 5.92 Å². The molecule has 148 valence electrons. The van der Waals surface area contributed by atoms with E-state index in [0.29, 0.717) is 42.8 Å². The molecule has 0 saturated carbocycles. The lowest BCUT2D eigenvalue weighted by atomic mass is 9.93. The van der Waals surface area contributed by atoms with Crippen molar-refractivity contribution in [1.29, 1.82) is 0 Å². The molecule has 3 rings (SSSR count). The highest BCUT2D eigenvalue weighted by Crippen LogP contribution is 2.27. The van der Waals surface area contributed by atoms with Crippen LogP contribution in [0.3, 0.4) is 0 Å². The number of likely N-dealkylation sites (tertiary alicyclic amines) is 2. The van der Waals surface area contributed by atoms with Crippen LogP contribution in [0, 0.1) is 12.8 Å². The Bertz CT molecular complexity index is 663. The molecule has 3 amide bonds. The smallest absolute Gasteiger partial charge is 0.321 e. The van der Waals surface area contributed by atoms with Crippen molar-refractivity contribution in [1.82, 2.24) is 9.80 Å². The van der Waals surface area contributed by atoms with Crippen LogP contribution < -0.4 is 10.1 Å². The number of nitrogens with one attached hydrogen (secondary N) is 1. The number of methoxy groups -OCH3 is 1. The number of piperidine rings is 2. The zero-order valence-electron chi connectivity index (χ0n) is 16.5. The molecule has 2 aliphatic rings. The minimum absolute atomic E-state index is 0.0975. The van der Waals surface area contributed by atoms with E-state index in [0.717, 1.165) is 44.3 Å². The van der Waals surface area contributed by atoms with E-state index < -0.39 is 0 Å². The Morgan fingerprint density at radius 3 is 2.44 bits per heavy atom. The molecule has 2 saturated heterocycles. The first-order valence-corrected chi connectivity index (χ1v) is 10.0. The quantitative estimate of drug-likeness (QED) is 0.876. The lowest BCUT2D eigenvalue weighted by Gasteiger charge is -2.33. The Morgan fingerprint density at radius 2 is 1.78 bits per heavy atom. The van der Waals surface area contributed by atoms with E-state index in [2.05, 4.69) is 5.32 Å². The van der Waals surface area contributed by atoms with Gasteiger partial charge in [-0.25, -0.2) is 4.79 Å². The second-order valence-electron chi connectivity index (χ2n) is 7.71. The van der Waals surface area contributed by atoms with Gasteiger partial charge in [-0.05, 0) is 62.6 Å². The fraction of sp³-hybridized carbons (Fsp3) is 0.619. The van der Waals surface area contributed by atoms with Crippen molar-refractivity contribution in [3.63, 3.8) is 0 Å². The predicted octanol–water partition coefficient (Wildman–Crippen LogP) is 3.65. The highest BCUT2D eigenvalue weighted by Gasteiger charge is 2.27. The van der Waals surface area contributed by atoms with Gasteiger partial charge in [0.25, 0.3) is 0 Å². The molecular formula is C21H31N3O3. The number of hydrogen-bond donors (Lipinski definition) is 1. The van der Waals surface area contributed by atoms with Gasteiger partial charge in [-0.15, -0.1) is 0 Å². The third-order valence-electron chi connectivity index (χ3n) is 5.67. The number of aryl methyl sites for hydroxylation is 1. The first-order valence-electron chi connectivity index (χ1n) is 10.0. The molecule has 1 N–H and O–H groups in total. The third-order valence-corrected chi connectivity index (χ3v) is 5.67. The Balaban J connectivity index is 1.48. The lowest BCUT2D eigenvalue weighted by molar-refractivity contribution is -0.133. The molecule has 0 bridgehead atoms. The van der Waals surface area contributed by atoms with E-state index in [4.69, 9.17) is 4.74 Å². The van der Waals surface area contributed by atoms with Crippen molar-refractivity contribution in [2.75, 3.05) is 38.6 Å². The lowest BCUT2D eigenvalue weighted by Crippen LogP contribution is -2.42. The van der Waals surface area contributed by atoms with Crippen LogP contribution in [0.4, 0.5) is 10.5 Å². The van der Waals surface area contributed by atoms with Crippen LogP contribution in [-0.4, -0.2) is 55.0 Å². The van der Waals surface area contributed by atoms with E-state index in [1.54, 1.807) is 7.11 Å². The maximum Gasteiger partial charge on any atom is 0.321 e. The van der Waals surface area contributed by atoms with Gasteiger partial charge in [0.05, 0.1) is 12.8 Å². The number of amides is 3. The van der Waals surface area contributed by atoms with Crippen LogP contribution in [0.15, 0.2) is 18.2 Å². The Labute approximate surface area is 161 Å². The van der Waals surface area contributed by atoms with E-state index in [1.165, 1.54) is 6.42 Å². The summed E-state index contributed by atoms with van der Waals surface area (Å²) >= 11 is 0. The minimum Gasteiger partial charge on any atom is -0.495 e. The third kappa shape index (κ3) is 5.15. The molecule has 2 heterocycles. The maximum atomic E-state index is 12.6. The van der Waals surface area contributed by atoms with Gasteiger partial charge in [0, 0.05) is 32.6 Å². The number of carbonyl (C=O) groups excluding carboxylic acids is 2. The van der Waals surface area contributed by atoms with E-state index in [1.807, 2.05) is 34.9 Å². The number of nitrogens with zero attached hydrogens (tertiary/aromatic N) is 2. The highest BCUT2D eigenvalue weighted by molar-refractivity contribution is 5.91. The van der Waals surface area contributed by atoms with Crippen LogP contribution in [0.5, 0.6) is 5.75 Å². The Morgan fingerprint density at radius 1 is 1.07 bits per heavy atom. The average molecular weight is 373 g/mol. The van der Waals surface area contributed by atoms with Crippen molar-refractivity contribution < 1.29 is 14.3 Å². The van der Waals surface area contributed by atoms with Crippen LogP contribution >= 0.6 is 0 Å². The summed E-state index contributed by atoms with van der Waals surface area (Å²) in [7, 11) is 1.60. The number of carbonyl (C=O) groups is 2. The number of hydrogen-bond acceptors (Lipinski definition) is 3. The molecule has 1 aromatic carbocycles. The summed E-state index contributed by atoms with van der Waals surface area (Å²) in [5, 5.41) is 2.97. The van der Waals surface area contributed by atoms with Crippen LogP contribution in [0.2, 0.25) is 0 Å². The van der Waals surface area contributed by atoms with E-state index in [9.17, 15) is 9.59 Å². The van der Waals surface area contributed by atoms with Gasteiger partial charge in [0.2, 0.25) is 5.91 Å². The molecule has 0 aliphatic carbocycles. The fourth-order valence-corrected chi connectivity index (χ4v) is 3.97. The highest BCUT2D eigenvalue weighted by atomic mass is 16.5. The average Bonchev–Trinajstić information content (AvgIpc) is 2.69. The van der Waals surface area contributed by atoms with E-state index in [-0.39, 0.29) is 6.03 Å². The summed E-state index contributed by atoms with van der Waals surface area (Å²) in [6, 6.07) is 5.64. The fourth-order valence-electron chi connectivity index (χ4n) is 3.97. The SMILES string of the molecule is COc1ccc(C)cc1NC(=O)N1CCC(CC(=O)N2CCCCC2)CC1. The molecule has 0 spiro atoms. The van der Waals surface area contributed by atoms with Crippen molar-refractivity contribution in [2.45, 2.75) is 45.4 Å². The molecule has 27 heavy (non-hydrogen) atoms.